The van der Waals surface area contributed by atoms with E-state index in [9.17, 15) is 10.5 Å². The van der Waals surface area contributed by atoms with Crippen LogP contribution in [0.3, 0.4) is 0 Å². The molecule has 0 aliphatic heterocycles. The molecule has 0 aromatic heterocycles. The number of hydrogen-bond acceptors (Lipinski definition) is 4. The Labute approximate surface area is 360 Å². The van der Waals surface area contributed by atoms with Gasteiger partial charge in [0, 0.05) is 33.6 Å². The van der Waals surface area contributed by atoms with Crippen molar-refractivity contribution in [2.24, 2.45) is 0 Å². The first-order valence-electron chi connectivity index (χ1n) is 20.4. The van der Waals surface area contributed by atoms with Gasteiger partial charge >= 0.3 is 17.8 Å². The van der Waals surface area contributed by atoms with Crippen LogP contribution in [-0.2, 0) is 22.7 Å². The molecule has 310 valence electrons. The zero-order valence-electron chi connectivity index (χ0n) is 34.4. The first kappa shape index (κ1) is 39.8. The molecule has 0 saturated heterocycles. The zero-order valence-corrected chi connectivity index (χ0v) is 34.4. The zero-order chi connectivity index (χ0) is 44.4. The number of nitrogens with zero attached hydrogens (tertiary/aromatic N) is 4. The van der Waals surface area contributed by atoms with Gasteiger partial charge in [0.25, 0.3) is 0 Å². The molecule has 7 aromatic carbocycles. The van der Waals surface area contributed by atoms with Crippen molar-refractivity contribution in [2.75, 3.05) is 9.80 Å². The van der Waals surface area contributed by atoms with Crippen molar-refractivity contribution in [3.63, 3.8) is 0 Å². The monoisotopic (exact) mass is 842 g/mol. The van der Waals surface area contributed by atoms with Crippen LogP contribution in [0.2, 0.25) is 0 Å². The molecule has 3 aliphatic rings. The van der Waals surface area contributed by atoms with E-state index in [0.29, 0.717) is 0 Å². The topological polar surface area (TPSA) is 54.1 Å². The maximum absolute atomic E-state index is 17.2. The Morgan fingerprint density at radius 2 is 0.730 bits per heavy atom. The Morgan fingerprint density at radius 1 is 0.397 bits per heavy atom. The molecule has 0 fully saturated rings. The number of benzene rings is 7. The van der Waals surface area contributed by atoms with E-state index < -0.39 is 62.2 Å². The minimum absolute atomic E-state index is 0.107. The van der Waals surface area contributed by atoms with E-state index in [4.69, 9.17) is 0 Å². The predicted octanol–water partition coefficient (Wildman–Crippen LogP) is 14.8. The molecular formula is C53H36F6N4. The summed E-state index contributed by atoms with van der Waals surface area (Å²) < 4.78 is 101. The number of hydrogen-bond donors (Lipinski definition) is 0. The minimum atomic E-state index is -6.00. The second kappa shape index (κ2) is 13.3. The van der Waals surface area contributed by atoms with Gasteiger partial charge in [0.2, 0.25) is 0 Å². The third-order valence-corrected chi connectivity index (χ3v) is 13.2. The molecule has 0 atom stereocenters. The highest BCUT2D eigenvalue weighted by Crippen LogP contribution is 2.69. The smallest absolute Gasteiger partial charge is 0.309 e. The lowest BCUT2D eigenvalue weighted by molar-refractivity contribution is -0.302. The average Bonchev–Trinajstić information content (AvgIpc) is 3.70. The summed E-state index contributed by atoms with van der Waals surface area (Å²) in [6.45, 7) is 7.95. The summed E-state index contributed by atoms with van der Waals surface area (Å²) in [6, 6.07) is 45.0. The van der Waals surface area contributed by atoms with Gasteiger partial charge in [-0.15, -0.1) is 0 Å². The number of anilines is 6. The lowest BCUT2D eigenvalue weighted by atomic mass is 9.82. The van der Waals surface area contributed by atoms with Gasteiger partial charge in [-0.05, 0) is 93.0 Å². The average molecular weight is 843 g/mol. The first-order valence-corrected chi connectivity index (χ1v) is 20.4. The summed E-state index contributed by atoms with van der Waals surface area (Å²) in [5, 5.41) is 22.3. The molecular weight excluding hydrogens is 807 g/mol. The van der Waals surface area contributed by atoms with Gasteiger partial charge in [0.1, 0.15) is 12.1 Å². The van der Waals surface area contributed by atoms with Crippen molar-refractivity contribution >= 4 is 34.1 Å². The van der Waals surface area contributed by atoms with Crippen molar-refractivity contribution in [2.45, 2.75) is 56.3 Å². The molecule has 7 aromatic rings. The first-order chi connectivity index (χ1) is 30.0. The Bertz CT molecular complexity index is 2930. The highest BCUT2D eigenvalue weighted by Gasteiger charge is 2.81. The fraction of sp³-hybridized carbons (Fsp3) is 0.170. The van der Waals surface area contributed by atoms with E-state index in [1.165, 1.54) is 24.3 Å². The molecule has 0 spiro atoms. The summed E-state index contributed by atoms with van der Waals surface area (Å²) in [5.41, 5.74) is -0.639. The van der Waals surface area contributed by atoms with E-state index in [0.717, 1.165) is 54.3 Å². The molecule has 0 radical (unpaired) electrons. The van der Waals surface area contributed by atoms with E-state index in [1.807, 2.05) is 88.4 Å². The third kappa shape index (κ3) is 5.21. The van der Waals surface area contributed by atoms with Crippen molar-refractivity contribution in [1.29, 1.82) is 10.5 Å². The van der Waals surface area contributed by atoms with Crippen LogP contribution in [0, 0.1) is 22.7 Å². The van der Waals surface area contributed by atoms with Crippen molar-refractivity contribution < 1.29 is 26.3 Å². The van der Waals surface area contributed by atoms with E-state index in [1.54, 1.807) is 72.8 Å². The lowest BCUT2D eigenvalue weighted by Gasteiger charge is -2.35. The molecule has 0 amide bonds. The quantitative estimate of drug-likeness (QED) is 0.157. The highest BCUT2D eigenvalue weighted by atomic mass is 19.3. The molecule has 0 saturated carbocycles. The predicted molar refractivity (Wildman–Crippen MR) is 233 cm³/mol. The molecule has 4 nitrogen and oxygen atoms in total. The van der Waals surface area contributed by atoms with Gasteiger partial charge in [-0.3, -0.25) is 0 Å². The lowest BCUT2D eigenvalue weighted by Crippen LogP contribution is -2.43. The summed E-state index contributed by atoms with van der Waals surface area (Å²) in [6.07, 6.45) is 0. The summed E-state index contributed by atoms with van der Waals surface area (Å²) >= 11 is 0. The molecule has 0 heterocycles. The SMILES string of the molecule is CC1(C)c2ccccc2-c2ccc(N(c3ccccc3)c3c(C#N)c(C#N)c(N(c4ccccc4)c4ccc5c(c4)C(C)(C)c4ccccc4-5)c4c3C(F)(F)C(F)(F)C4(F)F)cc21. The molecule has 10 heteroatoms. The van der Waals surface area contributed by atoms with Crippen molar-refractivity contribution in [1.82, 2.24) is 0 Å². The number of halogens is 6. The third-order valence-electron chi connectivity index (χ3n) is 13.2. The number of alkyl halides is 6. The summed E-state index contributed by atoms with van der Waals surface area (Å²) in [5.74, 6) is -17.1. The standard InChI is InChI=1S/C53H36F6N4/c1-49(2)41-21-13-11-19-35(41)37-25-23-33(27-43(37)49)62(31-15-7-5-8-16-31)47-39(29-60)40(30-61)48(46-45(47)51(54,55)53(58,59)52(46,56)57)63(32-17-9-6-10-18-32)34-24-26-38-36-20-12-14-22-42(36)50(3,4)44(38)28-34/h5-28H,1-4H3. The minimum Gasteiger partial charge on any atom is -0.309 e. The highest BCUT2D eigenvalue weighted by molar-refractivity contribution is 5.96. The Morgan fingerprint density at radius 3 is 1.10 bits per heavy atom. The van der Waals surface area contributed by atoms with Crippen LogP contribution < -0.4 is 9.80 Å². The van der Waals surface area contributed by atoms with Crippen LogP contribution in [-0.4, -0.2) is 5.92 Å². The normalized spacial score (nSPS) is 17.0. The maximum Gasteiger partial charge on any atom is 0.380 e. The maximum atomic E-state index is 17.2. The largest absolute Gasteiger partial charge is 0.380 e. The van der Waals surface area contributed by atoms with Crippen LogP contribution in [0.15, 0.2) is 146 Å². The summed E-state index contributed by atoms with van der Waals surface area (Å²) in [4.78, 5) is 2.27. The molecule has 0 unspecified atom stereocenters. The number of nitriles is 2. The Kier molecular flexibility index (Phi) is 8.44. The molecule has 0 N–H and O–H groups in total. The number of para-hydroxylation sites is 2. The van der Waals surface area contributed by atoms with Crippen LogP contribution in [0.5, 0.6) is 0 Å². The Balaban J connectivity index is 1.32. The van der Waals surface area contributed by atoms with Gasteiger partial charge in [0.15, 0.2) is 0 Å². The van der Waals surface area contributed by atoms with Crippen LogP contribution >= 0.6 is 0 Å². The second-order valence-electron chi connectivity index (χ2n) is 17.3. The van der Waals surface area contributed by atoms with Gasteiger partial charge in [-0.2, -0.15) is 36.9 Å². The van der Waals surface area contributed by atoms with Crippen molar-refractivity contribution in [3.05, 3.63) is 190 Å². The molecule has 0 bridgehead atoms. The fourth-order valence-electron chi connectivity index (χ4n) is 10.1. The van der Waals surface area contributed by atoms with Gasteiger partial charge < -0.3 is 9.80 Å². The second-order valence-corrected chi connectivity index (χ2v) is 17.3. The fourth-order valence-corrected chi connectivity index (χ4v) is 10.1. The number of rotatable bonds is 6. The van der Waals surface area contributed by atoms with Crippen molar-refractivity contribution in [3.8, 4) is 34.4 Å². The van der Waals surface area contributed by atoms with E-state index in [2.05, 4.69) is 0 Å². The number of fused-ring (bicyclic) bond motifs is 7. The van der Waals surface area contributed by atoms with Gasteiger partial charge in [-0.1, -0.05) is 125 Å². The van der Waals surface area contributed by atoms with Gasteiger partial charge in [-0.25, -0.2) is 0 Å². The summed E-state index contributed by atoms with van der Waals surface area (Å²) in [7, 11) is 0. The molecule has 3 aliphatic carbocycles. The van der Waals surface area contributed by atoms with Crippen LogP contribution in [0.25, 0.3) is 22.3 Å². The van der Waals surface area contributed by atoms with Crippen LogP contribution in [0.4, 0.5) is 60.5 Å². The van der Waals surface area contributed by atoms with E-state index in [-0.39, 0.29) is 22.7 Å². The van der Waals surface area contributed by atoms with Crippen LogP contribution in [0.1, 0.15) is 72.2 Å². The molecule has 63 heavy (non-hydrogen) atoms. The molecule has 10 rings (SSSR count). The van der Waals surface area contributed by atoms with Gasteiger partial charge in [0.05, 0.1) is 33.6 Å². The Hall–Kier alpha value is -7.30. The van der Waals surface area contributed by atoms with E-state index >= 15 is 26.3 Å².